The van der Waals surface area contributed by atoms with E-state index in [1.807, 2.05) is 18.2 Å². The molecule has 0 amide bonds. The smallest absolute Gasteiger partial charge is 0.130 e. The van der Waals surface area contributed by atoms with Gasteiger partial charge in [0.25, 0.3) is 0 Å². The van der Waals surface area contributed by atoms with Crippen LogP contribution in [-0.2, 0) is 0 Å². The maximum atomic E-state index is 5.96. The molecule has 0 aromatic heterocycles. The third kappa shape index (κ3) is 22.1. The van der Waals surface area contributed by atoms with Gasteiger partial charge in [-0.2, -0.15) is 0 Å². The number of hydrogen-bond donors (Lipinski definition) is 0. The monoisotopic (exact) mass is 501 g/mol. The van der Waals surface area contributed by atoms with Crippen LogP contribution in [0.2, 0.25) is 0 Å². The molecule has 0 heterocycles. The molecule has 2 nitrogen and oxygen atoms in total. The van der Waals surface area contributed by atoms with Gasteiger partial charge in [0.2, 0.25) is 0 Å². The normalized spacial score (nSPS) is 11.2. The highest BCUT2D eigenvalue weighted by Gasteiger charge is 2.00. The third-order valence-electron chi connectivity index (χ3n) is 7.27. The van der Waals surface area contributed by atoms with Crippen LogP contribution in [0.25, 0.3) is 0 Å². The Balaban J connectivity index is 1.89. The molecule has 1 rings (SSSR count). The fourth-order valence-electron chi connectivity index (χ4n) is 4.86. The molecule has 0 aliphatic rings. The number of hydrogen-bond acceptors (Lipinski definition) is 2. The van der Waals surface area contributed by atoms with Gasteiger partial charge in [0.05, 0.1) is 13.2 Å². The molecule has 1 aromatic carbocycles. The summed E-state index contributed by atoms with van der Waals surface area (Å²) in [6, 6.07) is 9.12. The van der Waals surface area contributed by atoms with E-state index in [9.17, 15) is 0 Å². The van der Waals surface area contributed by atoms with Crippen molar-refractivity contribution in [1.29, 1.82) is 0 Å². The van der Waals surface area contributed by atoms with Crippen LogP contribution in [-0.4, -0.2) is 13.2 Å². The van der Waals surface area contributed by atoms with E-state index in [0.717, 1.165) is 37.6 Å². The van der Waals surface area contributed by atoms with Gasteiger partial charge >= 0.3 is 0 Å². The van der Waals surface area contributed by atoms with Gasteiger partial charge in [-0.15, -0.1) is 0 Å². The highest BCUT2D eigenvalue weighted by Crippen LogP contribution is 2.20. The molecule has 0 spiro atoms. The summed E-state index contributed by atoms with van der Waals surface area (Å²) in [5.74, 6) is 1.74. The lowest BCUT2D eigenvalue weighted by molar-refractivity contribution is 0.289. The molecular weight excluding hydrogens is 440 g/mol. The fraction of sp³-hybridized carbons (Fsp3) is 0.824. The Morgan fingerprint density at radius 3 is 1.25 bits per heavy atom. The lowest BCUT2D eigenvalue weighted by Crippen LogP contribution is -2.00. The second kappa shape index (κ2) is 26.9. The van der Waals surface area contributed by atoms with Crippen LogP contribution < -0.4 is 9.47 Å². The van der Waals surface area contributed by atoms with Gasteiger partial charge in [-0.25, -0.2) is 0 Å². The summed E-state index contributed by atoms with van der Waals surface area (Å²) < 4.78 is 11.9. The summed E-state index contributed by atoms with van der Waals surface area (Å²) in [7, 11) is 0. The lowest BCUT2D eigenvalue weighted by atomic mass is 10.1. The van der Waals surface area contributed by atoms with Crippen molar-refractivity contribution < 1.29 is 9.47 Å². The van der Waals surface area contributed by atoms with Crippen molar-refractivity contribution in [3.8, 4) is 11.5 Å². The van der Waals surface area contributed by atoms with E-state index in [2.05, 4.69) is 19.9 Å². The van der Waals surface area contributed by atoms with E-state index in [4.69, 9.17) is 9.47 Å². The van der Waals surface area contributed by atoms with Crippen LogP contribution >= 0.6 is 0 Å². The molecule has 1 radical (unpaired) electrons. The van der Waals surface area contributed by atoms with Gasteiger partial charge in [0.15, 0.2) is 0 Å². The zero-order valence-corrected chi connectivity index (χ0v) is 24.4. The molecule has 0 unspecified atom stereocenters. The van der Waals surface area contributed by atoms with Crippen molar-refractivity contribution in [2.75, 3.05) is 13.2 Å². The average Bonchev–Trinajstić information content (AvgIpc) is 2.90. The summed E-state index contributed by atoms with van der Waals surface area (Å²) in [6.07, 6.45) is 32.9. The van der Waals surface area contributed by atoms with E-state index in [0.29, 0.717) is 0 Å². The van der Waals surface area contributed by atoms with Gasteiger partial charge in [0, 0.05) is 12.1 Å². The van der Waals surface area contributed by atoms with Crippen LogP contribution in [0.15, 0.2) is 18.2 Å². The predicted molar refractivity (Wildman–Crippen MR) is 158 cm³/mol. The first-order chi connectivity index (χ1) is 17.9. The minimum Gasteiger partial charge on any atom is -0.493 e. The number of benzene rings is 1. The molecule has 0 atom stereocenters. The van der Waals surface area contributed by atoms with E-state index in [1.165, 1.54) is 141 Å². The summed E-state index contributed by atoms with van der Waals surface area (Å²) in [6.45, 7) is 6.17. The van der Waals surface area contributed by atoms with Gasteiger partial charge in [-0.1, -0.05) is 155 Å². The largest absolute Gasteiger partial charge is 0.493 e. The maximum absolute atomic E-state index is 5.96. The summed E-state index contributed by atoms with van der Waals surface area (Å²) in [4.78, 5) is 0. The topological polar surface area (TPSA) is 18.5 Å². The van der Waals surface area contributed by atoms with Crippen molar-refractivity contribution in [2.24, 2.45) is 0 Å². The predicted octanol–water partition coefficient (Wildman–Crippen LogP) is 11.6. The van der Waals surface area contributed by atoms with Gasteiger partial charge in [-0.3, -0.25) is 0 Å². The minimum atomic E-state index is 0.788. The maximum Gasteiger partial charge on any atom is 0.130 e. The Morgan fingerprint density at radius 2 is 0.833 bits per heavy atom. The highest BCUT2D eigenvalue weighted by molar-refractivity contribution is 5.31. The van der Waals surface area contributed by atoms with Crippen LogP contribution in [0.3, 0.4) is 0 Å². The van der Waals surface area contributed by atoms with Crippen LogP contribution in [0.1, 0.15) is 168 Å². The molecule has 0 aliphatic carbocycles. The zero-order chi connectivity index (χ0) is 25.8. The Hall–Kier alpha value is -1.18. The SMILES string of the molecule is CCCCCCCCCCCCCCOc1[c]ccc(OCCCCCCCCCCCCCC)c1. The minimum absolute atomic E-state index is 0.788. The first-order valence-corrected chi connectivity index (χ1v) is 16.1. The van der Waals surface area contributed by atoms with Crippen LogP contribution in [0.4, 0.5) is 0 Å². The third-order valence-corrected chi connectivity index (χ3v) is 7.27. The van der Waals surface area contributed by atoms with Crippen molar-refractivity contribution in [1.82, 2.24) is 0 Å². The number of rotatable bonds is 28. The van der Waals surface area contributed by atoms with Crippen molar-refractivity contribution >= 4 is 0 Å². The second-order valence-electron chi connectivity index (χ2n) is 10.9. The second-order valence-corrected chi connectivity index (χ2v) is 10.9. The molecule has 0 saturated carbocycles. The molecule has 0 aliphatic heterocycles. The molecule has 209 valence electrons. The van der Waals surface area contributed by atoms with Gasteiger partial charge < -0.3 is 9.47 Å². The quantitative estimate of drug-likeness (QED) is 0.106. The van der Waals surface area contributed by atoms with Crippen molar-refractivity contribution in [3.63, 3.8) is 0 Å². The van der Waals surface area contributed by atoms with E-state index >= 15 is 0 Å². The molecule has 0 fully saturated rings. The van der Waals surface area contributed by atoms with Crippen LogP contribution in [0, 0.1) is 6.07 Å². The highest BCUT2D eigenvalue weighted by atomic mass is 16.5. The van der Waals surface area contributed by atoms with E-state index in [1.54, 1.807) is 0 Å². The average molecular weight is 502 g/mol. The summed E-state index contributed by atoms with van der Waals surface area (Å²) in [5, 5.41) is 0. The summed E-state index contributed by atoms with van der Waals surface area (Å²) in [5.41, 5.74) is 0. The summed E-state index contributed by atoms with van der Waals surface area (Å²) >= 11 is 0. The van der Waals surface area contributed by atoms with Crippen molar-refractivity contribution in [2.45, 2.75) is 168 Å². The van der Waals surface area contributed by atoms with Crippen molar-refractivity contribution in [3.05, 3.63) is 24.3 Å². The Bertz CT molecular complexity index is 511. The van der Waals surface area contributed by atoms with E-state index < -0.39 is 0 Å². The molecule has 2 heteroatoms. The Morgan fingerprint density at radius 1 is 0.472 bits per heavy atom. The molecule has 0 saturated heterocycles. The Kier molecular flexibility index (Phi) is 24.5. The molecular formula is C34H61O2. The first-order valence-electron chi connectivity index (χ1n) is 16.1. The Labute approximate surface area is 226 Å². The van der Waals surface area contributed by atoms with Crippen LogP contribution in [0.5, 0.6) is 11.5 Å². The molecule has 1 aromatic rings. The number of ether oxygens (including phenoxy) is 2. The van der Waals surface area contributed by atoms with Gasteiger partial charge in [-0.05, 0) is 25.0 Å². The van der Waals surface area contributed by atoms with Gasteiger partial charge in [0.1, 0.15) is 11.5 Å². The van der Waals surface area contributed by atoms with E-state index in [-0.39, 0.29) is 0 Å². The lowest BCUT2D eigenvalue weighted by Gasteiger charge is -2.09. The zero-order valence-electron chi connectivity index (χ0n) is 24.4. The fourth-order valence-corrected chi connectivity index (χ4v) is 4.86. The number of unbranched alkanes of at least 4 members (excludes halogenated alkanes) is 22. The first kappa shape index (κ1) is 32.8. The molecule has 0 bridgehead atoms. The molecule has 36 heavy (non-hydrogen) atoms. The standard InChI is InChI=1S/C34H61O2/c1-3-5-7-9-11-13-15-17-19-21-23-25-30-35-33-28-27-29-34(32-33)36-31-26-24-22-20-18-16-14-12-10-8-6-4-2/h27-28,32H,3-26,30-31H2,1-2H3. The molecule has 0 N–H and O–H groups in total.